The summed E-state index contributed by atoms with van der Waals surface area (Å²) in [5.74, 6) is 0. The van der Waals surface area contributed by atoms with Crippen LogP contribution < -0.4 is 10.3 Å². The number of para-hydroxylation sites is 1. The fraction of sp³-hybridized carbons (Fsp3) is 0.333. The van der Waals surface area contributed by atoms with Crippen molar-refractivity contribution >= 4 is 22.6 Å². The zero-order valence-corrected chi connectivity index (χ0v) is 13.2. The van der Waals surface area contributed by atoms with E-state index in [1.54, 1.807) is 17.3 Å². The first-order chi connectivity index (χ1) is 11.3. The van der Waals surface area contributed by atoms with Crippen LogP contribution in [0.15, 0.2) is 49.2 Å². The van der Waals surface area contributed by atoms with E-state index in [-0.39, 0.29) is 6.03 Å². The van der Waals surface area contributed by atoms with Gasteiger partial charge in [0.15, 0.2) is 0 Å². The molecule has 1 N–H and O–H groups in total. The predicted octanol–water partition coefficient (Wildman–Crippen LogP) is 3.34. The predicted molar refractivity (Wildman–Crippen MR) is 93.2 cm³/mol. The third kappa shape index (κ3) is 3.51. The molecule has 0 spiro atoms. The van der Waals surface area contributed by atoms with Gasteiger partial charge in [-0.25, -0.2) is 14.8 Å². The average Bonchev–Trinajstić information content (AvgIpc) is 2.61. The molecule has 0 unspecified atom stereocenters. The minimum atomic E-state index is -0.135. The third-order valence-electron chi connectivity index (χ3n) is 4.03. The molecule has 1 aromatic carbocycles. The van der Waals surface area contributed by atoms with Gasteiger partial charge >= 0.3 is 6.03 Å². The van der Waals surface area contributed by atoms with Crippen molar-refractivity contribution in [1.82, 2.24) is 15.3 Å². The number of nitrogens with zero attached hydrogens (tertiary/aromatic N) is 3. The van der Waals surface area contributed by atoms with Crippen molar-refractivity contribution < 1.29 is 4.79 Å². The molecular weight excluding hydrogens is 288 g/mol. The molecule has 0 aliphatic carbocycles. The highest BCUT2D eigenvalue weighted by atomic mass is 16.2. The maximum atomic E-state index is 12.6. The molecule has 0 atom stereocenters. The van der Waals surface area contributed by atoms with Gasteiger partial charge in [-0.3, -0.25) is 4.98 Å². The number of hydrogen-bond donors (Lipinski definition) is 1. The lowest BCUT2D eigenvalue weighted by Crippen LogP contribution is -2.53. The highest BCUT2D eigenvalue weighted by molar-refractivity contribution is 5.93. The van der Waals surface area contributed by atoms with E-state index in [9.17, 15) is 4.79 Å². The number of nitrogens with one attached hydrogen (secondary N) is 1. The molecule has 0 saturated carbocycles. The van der Waals surface area contributed by atoms with Crippen molar-refractivity contribution in [3.8, 4) is 0 Å². The number of pyridine rings is 1. The Morgan fingerprint density at radius 2 is 2.09 bits per heavy atom. The smallest absolute Gasteiger partial charge is 0.333 e. The van der Waals surface area contributed by atoms with Gasteiger partial charge in [0.1, 0.15) is 0 Å². The van der Waals surface area contributed by atoms with Crippen LogP contribution >= 0.6 is 0 Å². The molecule has 120 valence electrons. The number of aromatic nitrogens is 1. The van der Waals surface area contributed by atoms with E-state index in [1.807, 2.05) is 30.3 Å². The number of urea groups is 1. The summed E-state index contributed by atoms with van der Waals surface area (Å²) in [6, 6.07) is 9.82. The molecule has 2 heterocycles. The van der Waals surface area contributed by atoms with Crippen LogP contribution in [0.5, 0.6) is 0 Å². The molecule has 2 amide bonds. The second kappa shape index (κ2) is 7.24. The Bertz CT molecular complexity index is 694. The fourth-order valence-electron chi connectivity index (χ4n) is 2.90. The van der Waals surface area contributed by atoms with Crippen LogP contribution in [-0.4, -0.2) is 35.7 Å². The summed E-state index contributed by atoms with van der Waals surface area (Å²) in [5, 5.41) is 7.74. The zero-order valence-electron chi connectivity index (χ0n) is 13.2. The number of hydrazine groups is 1. The maximum absolute atomic E-state index is 12.6. The van der Waals surface area contributed by atoms with Crippen molar-refractivity contribution in [2.45, 2.75) is 19.3 Å². The summed E-state index contributed by atoms with van der Waals surface area (Å²) < 4.78 is 0. The number of carbonyl (C=O) groups is 1. The summed E-state index contributed by atoms with van der Waals surface area (Å²) in [5.41, 5.74) is 1.73. The van der Waals surface area contributed by atoms with Crippen LogP contribution in [0, 0.1) is 0 Å². The van der Waals surface area contributed by atoms with E-state index >= 15 is 0 Å². The third-order valence-corrected chi connectivity index (χ3v) is 4.03. The molecule has 1 aliphatic heterocycles. The molecule has 5 heteroatoms. The van der Waals surface area contributed by atoms with Gasteiger partial charge in [0.05, 0.1) is 17.4 Å². The number of fused-ring (bicyclic) bond motifs is 1. The first-order valence-electron chi connectivity index (χ1n) is 8.08. The van der Waals surface area contributed by atoms with E-state index in [2.05, 4.69) is 21.9 Å². The molecular formula is C18H22N4O. The van der Waals surface area contributed by atoms with E-state index < -0.39 is 0 Å². The van der Waals surface area contributed by atoms with Gasteiger partial charge < -0.3 is 5.32 Å². The number of hydrogen-bond acceptors (Lipinski definition) is 3. The highest BCUT2D eigenvalue weighted by Gasteiger charge is 2.25. The Morgan fingerprint density at radius 1 is 1.30 bits per heavy atom. The van der Waals surface area contributed by atoms with Gasteiger partial charge in [-0.05, 0) is 25.0 Å². The van der Waals surface area contributed by atoms with Gasteiger partial charge in [0.2, 0.25) is 0 Å². The molecule has 3 rings (SSSR count). The van der Waals surface area contributed by atoms with Gasteiger partial charge in [-0.1, -0.05) is 30.7 Å². The second-order valence-electron chi connectivity index (χ2n) is 5.69. The Labute approximate surface area is 136 Å². The van der Waals surface area contributed by atoms with Crippen LogP contribution in [0.4, 0.5) is 10.5 Å². The second-order valence-corrected chi connectivity index (χ2v) is 5.69. The number of carbonyl (C=O) groups excluding carboxylic acids is 1. The summed E-state index contributed by atoms with van der Waals surface area (Å²) in [4.78, 5) is 17.1. The summed E-state index contributed by atoms with van der Waals surface area (Å²) >= 11 is 0. The maximum Gasteiger partial charge on any atom is 0.336 e. The van der Waals surface area contributed by atoms with E-state index in [1.165, 1.54) is 6.42 Å². The number of benzene rings is 1. The minimum absolute atomic E-state index is 0.135. The number of amides is 2. The zero-order chi connectivity index (χ0) is 16.1. The van der Waals surface area contributed by atoms with E-state index in [4.69, 9.17) is 0 Å². The van der Waals surface area contributed by atoms with Crippen molar-refractivity contribution in [3.63, 3.8) is 0 Å². The number of piperidine rings is 1. The average molecular weight is 310 g/mol. The Morgan fingerprint density at radius 3 is 2.87 bits per heavy atom. The first-order valence-corrected chi connectivity index (χ1v) is 8.08. The summed E-state index contributed by atoms with van der Waals surface area (Å²) in [6.07, 6.45) is 6.88. The molecule has 1 fully saturated rings. The quantitative estimate of drug-likeness (QED) is 0.881. The van der Waals surface area contributed by atoms with Gasteiger partial charge in [-0.2, -0.15) is 0 Å². The van der Waals surface area contributed by atoms with Crippen molar-refractivity contribution in [2.24, 2.45) is 0 Å². The van der Waals surface area contributed by atoms with Crippen LogP contribution in [0.1, 0.15) is 19.3 Å². The topological polar surface area (TPSA) is 48.5 Å². The van der Waals surface area contributed by atoms with Gasteiger partial charge in [0.25, 0.3) is 0 Å². The van der Waals surface area contributed by atoms with Crippen molar-refractivity contribution in [2.75, 3.05) is 24.6 Å². The Hall–Kier alpha value is -2.40. The minimum Gasteiger partial charge on any atom is -0.333 e. The SMILES string of the molecule is C=CCNC(=O)N(c1cnc2ccccc2c1)N1CCCCC1. The molecule has 23 heavy (non-hydrogen) atoms. The lowest BCUT2D eigenvalue weighted by Gasteiger charge is -2.37. The van der Waals surface area contributed by atoms with Crippen LogP contribution in [-0.2, 0) is 0 Å². The Balaban J connectivity index is 1.94. The molecule has 0 bridgehead atoms. The fourth-order valence-corrected chi connectivity index (χ4v) is 2.90. The van der Waals surface area contributed by atoms with Crippen LogP contribution in [0.3, 0.4) is 0 Å². The highest BCUT2D eigenvalue weighted by Crippen LogP contribution is 2.23. The molecule has 1 aliphatic rings. The lowest BCUT2D eigenvalue weighted by molar-refractivity contribution is 0.192. The molecule has 5 nitrogen and oxygen atoms in total. The van der Waals surface area contributed by atoms with Crippen LogP contribution in [0.25, 0.3) is 10.9 Å². The first kappa shape index (κ1) is 15.5. The van der Waals surface area contributed by atoms with Crippen molar-refractivity contribution in [1.29, 1.82) is 0 Å². The largest absolute Gasteiger partial charge is 0.336 e. The molecule has 1 saturated heterocycles. The van der Waals surface area contributed by atoms with E-state index in [0.29, 0.717) is 6.54 Å². The summed E-state index contributed by atoms with van der Waals surface area (Å²) in [7, 11) is 0. The normalized spacial score (nSPS) is 15.3. The molecule has 2 aromatic rings. The Kier molecular flexibility index (Phi) is 4.88. The van der Waals surface area contributed by atoms with Gasteiger partial charge in [-0.15, -0.1) is 6.58 Å². The van der Waals surface area contributed by atoms with Gasteiger partial charge in [0, 0.05) is 25.0 Å². The van der Waals surface area contributed by atoms with Crippen molar-refractivity contribution in [3.05, 3.63) is 49.2 Å². The lowest BCUT2D eigenvalue weighted by atomic mass is 10.1. The number of rotatable bonds is 4. The monoisotopic (exact) mass is 310 g/mol. The standard InChI is InChI=1S/C18H22N4O/c1-2-10-19-18(23)22(21-11-6-3-7-12-21)16-13-15-8-4-5-9-17(15)20-14-16/h2,4-5,8-9,13-14H,1,3,6-7,10-12H2,(H,19,23). The van der Waals surface area contributed by atoms with E-state index in [0.717, 1.165) is 42.5 Å². The molecule has 0 radical (unpaired) electrons. The molecule has 1 aromatic heterocycles. The summed E-state index contributed by atoms with van der Waals surface area (Å²) in [6.45, 7) is 5.87. The van der Waals surface area contributed by atoms with Crippen LogP contribution in [0.2, 0.25) is 0 Å². The number of anilines is 1.